The fraction of sp³-hybridized carbons (Fsp3) is 0.308. The molecule has 0 fully saturated rings. The van der Waals surface area contributed by atoms with E-state index in [1.54, 1.807) is 13.2 Å². The van der Waals surface area contributed by atoms with E-state index in [1.165, 1.54) is 4.90 Å². The van der Waals surface area contributed by atoms with Gasteiger partial charge in [-0.25, -0.2) is 4.98 Å². The zero-order chi connectivity index (χ0) is 14.0. The van der Waals surface area contributed by atoms with E-state index in [9.17, 15) is 9.59 Å². The molecule has 0 saturated carbocycles. The molecular weight excluding hydrogens is 246 g/mol. The number of carboxylic acids is 1. The molecule has 6 nitrogen and oxygen atoms in total. The molecular formula is C13H15N3O3. The van der Waals surface area contributed by atoms with Gasteiger partial charge in [0, 0.05) is 25.5 Å². The molecule has 6 heteroatoms. The first-order chi connectivity index (χ1) is 8.99. The van der Waals surface area contributed by atoms with Crippen molar-refractivity contribution in [3.63, 3.8) is 0 Å². The summed E-state index contributed by atoms with van der Waals surface area (Å²) in [7, 11) is 1.57. The Morgan fingerprint density at radius 1 is 1.42 bits per heavy atom. The quantitative estimate of drug-likeness (QED) is 0.897. The van der Waals surface area contributed by atoms with Crippen LogP contribution in [0.15, 0.2) is 24.4 Å². The lowest BCUT2D eigenvalue weighted by atomic mass is 10.3. The molecule has 1 N–H and O–H groups in total. The Kier molecular flexibility index (Phi) is 3.50. The second kappa shape index (κ2) is 5.09. The Labute approximate surface area is 110 Å². The van der Waals surface area contributed by atoms with Crippen LogP contribution in [0.5, 0.6) is 0 Å². The van der Waals surface area contributed by atoms with Crippen molar-refractivity contribution in [2.75, 3.05) is 13.6 Å². The molecule has 19 heavy (non-hydrogen) atoms. The minimum atomic E-state index is -0.925. The second-order valence-corrected chi connectivity index (χ2v) is 4.39. The molecule has 2 heterocycles. The van der Waals surface area contributed by atoms with Crippen LogP contribution in [-0.4, -0.2) is 44.9 Å². The highest BCUT2D eigenvalue weighted by Crippen LogP contribution is 2.10. The number of carbonyl (C=O) groups is 2. The zero-order valence-electron chi connectivity index (χ0n) is 10.8. The van der Waals surface area contributed by atoms with Gasteiger partial charge in [0.25, 0.3) is 5.91 Å². The SMILES string of the molecule is Cc1cccc2nc(C(=O)N(C)CCC(=O)O)cn12. The number of aryl methyl sites for hydroxylation is 1. The van der Waals surface area contributed by atoms with Crippen LogP contribution in [0.4, 0.5) is 0 Å². The van der Waals surface area contributed by atoms with E-state index >= 15 is 0 Å². The maximum Gasteiger partial charge on any atom is 0.305 e. The first-order valence-corrected chi connectivity index (χ1v) is 5.91. The van der Waals surface area contributed by atoms with Crippen LogP contribution in [0.2, 0.25) is 0 Å². The van der Waals surface area contributed by atoms with Crippen LogP contribution < -0.4 is 0 Å². The molecule has 0 spiro atoms. The van der Waals surface area contributed by atoms with Gasteiger partial charge in [-0.15, -0.1) is 0 Å². The van der Waals surface area contributed by atoms with Gasteiger partial charge in [-0.2, -0.15) is 0 Å². The third-order valence-electron chi connectivity index (χ3n) is 2.92. The average Bonchev–Trinajstić information content (AvgIpc) is 2.80. The molecule has 0 saturated heterocycles. The lowest BCUT2D eigenvalue weighted by Gasteiger charge is -2.13. The van der Waals surface area contributed by atoms with Gasteiger partial charge in [-0.1, -0.05) is 6.07 Å². The Hall–Kier alpha value is -2.37. The number of carboxylic acid groups (broad SMARTS) is 1. The van der Waals surface area contributed by atoms with E-state index in [2.05, 4.69) is 4.98 Å². The number of aliphatic carboxylic acids is 1. The maximum absolute atomic E-state index is 12.1. The smallest absolute Gasteiger partial charge is 0.305 e. The van der Waals surface area contributed by atoms with Crippen molar-refractivity contribution in [1.29, 1.82) is 0 Å². The lowest BCUT2D eigenvalue weighted by Crippen LogP contribution is -2.29. The van der Waals surface area contributed by atoms with Crippen LogP contribution in [0, 0.1) is 6.92 Å². The predicted molar refractivity (Wildman–Crippen MR) is 69.1 cm³/mol. The molecule has 0 unspecified atom stereocenters. The van der Waals surface area contributed by atoms with Crippen LogP contribution >= 0.6 is 0 Å². The Morgan fingerprint density at radius 2 is 2.16 bits per heavy atom. The number of amides is 1. The summed E-state index contributed by atoms with van der Waals surface area (Å²) >= 11 is 0. The summed E-state index contributed by atoms with van der Waals surface area (Å²) in [5.74, 6) is -1.20. The number of fused-ring (bicyclic) bond motifs is 1. The van der Waals surface area contributed by atoms with Gasteiger partial charge in [0.1, 0.15) is 11.3 Å². The van der Waals surface area contributed by atoms with Crippen molar-refractivity contribution in [2.24, 2.45) is 0 Å². The van der Waals surface area contributed by atoms with E-state index in [-0.39, 0.29) is 18.9 Å². The normalized spacial score (nSPS) is 10.6. The monoisotopic (exact) mass is 261 g/mol. The molecule has 0 aliphatic heterocycles. The third kappa shape index (κ3) is 2.73. The van der Waals surface area contributed by atoms with Gasteiger partial charge in [0.2, 0.25) is 0 Å². The molecule has 2 rings (SSSR count). The van der Waals surface area contributed by atoms with Gasteiger partial charge in [0.05, 0.1) is 6.42 Å². The number of nitrogens with zero attached hydrogens (tertiary/aromatic N) is 3. The second-order valence-electron chi connectivity index (χ2n) is 4.39. The summed E-state index contributed by atoms with van der Waals surface area (Å²) in [6, 6.07) is 5.62. The fourth-order valence-electron chi connectivity index (χ4n) is 1.81. The Morgan fingerprint density at radius 3 is 2.79 bits per heavy atom. The van der Waals surface area contributed by atoms with Crippen LogP contribution in [0.25, 0.3) is 5.65 Å². The van der Waals surface area contributed by atoms with Gasteiger partial charge >= 0.3 is 5.97 Å². The van der Waals surface area contributed by atoms with Crippen molar-refractivity contribution in [2.45, 2.75) is 13.3 Å². The zero-order valence-corrected chi connectivity index (χ0v) is 10.8. The number of hydrogen-bond acceptors (Lipinski definition) is 3. The molecule has 2 aromatic heterocycles. The molecule has 1 amide bonds. The minimum Gasteiger partial charge on any atom is -0.481 e. The summed E-state index contributed by atoms with van der Waals surface area (Å²) in [5.41, 5.74) is 2.01. The van der Waals surface area contributed by atoms with Crippen LogP contribution in [0.1, 0.15) is 22.6 Å². The van der Waals surface area contributed by atoms with Crippen molar-refractivity contribution in [3.05, 3.63) is 35.8 Å². The molecule has 100 valence electrons. The highest BCUT2D eigenvalue weighted by molar-refractivity contribution is 5.93. The highest BCUT2D eigenvalue weighted by Gasteiger charge is 2.16. The number of carbonyl (C=O) groups excluding carboxylic acids is 1. The molecule has 0 radical (unpaired) electrons. The van der Waals surface area contributed by atoms with Gasteiger partial charge in [0.15, 0.2) is 0 Å². The topological polar surface area (TPSA) is 74.9 Å². The number of aromatic nitrogens is 2. The first kappa shape index (κ1) is 13.1. The lowest BCUT2D eigenvalue weighted by molar-refractivity contribution is -0.137. The molecule has 0 atom stereocenters. The summed E-state index contributed by atoms with van der Waals surface area (Å²) in [6.45, 7) is 2.10. The summed E-state index contributed by atoms with van der Waals surface area (Å²) in [5, 5.41) is 8.61. The predicted octanol–water partition coefficient (Wildman–Crippen LogP) is 1.19. The van der Waals surface area contributed by atoms with Crippen LogP contribution in [0.3, 0.4) is 0 Å². The van der Waals surface area contributed by atoms with Gasteiger partial charge in [-0.3, -0.25) is 9.59 Å². The number of hydrogen-bond donors (Lipinski definition) is 1. The third-order valence-corrected chi connectivity index (χ3v) is 2.92. The summed E-state index contributed by atoms with van der Waals surface area (Å²) in [6.07, 6.45) is 1.60. The van der Waals surface area contributed by atoms with E-state index in [0.717, 1.165) is 5.69 Å². The van der Waals surface area contributed by atoms with Crippen molar-refractivity contribution < 1.29 is 14.7 Å². The number of rotatable bonds is 4. The van der Waals surface area contributed by atoms with E-state index < -0.39 is 5.97 Å². The number of pyridine rings is 1. The fourth-order valence-corrected chi connectivity index (χ4v) is 1.81. The largest absolute Gasteiger partial charge is 0.481 e. The first-order valence-electron chi connectivity index (χ1n) is 5.91. The number of imidazole rings is 1. The standard InChI is InChI=1S/C13H15N3O3/c1-9-4-3-5-11-14-10(8-16(9)11)13(19)15(2)7-6-12(17)18/h3-5,8H,6-7H2,1-2H3,(H,17,18). The minimum absolute atomic E-state index is 0.0748. The summed E-state index contributed by atoms with van der Waals surface area (Å²) in [4.78, 5) is 28.2. The van der Waals surface area contributed by atoms with Gasteiger partial charge in [-0.05, 0) is 19.1 Å². The van der Waals surface area contributed by atoms with Gasteiger partial charge < -0.3 is 14.4 Å². The van der Waals surface area contributed by atoms with Crippen LogP contribution in [-0.2, 0) is 4.79 Å². The molecule has 2 aromatic rings. The average molecular weight is 261 g/mol. The van der Waals surface area contributed by atoms with Crippen molar-refractivity contribution in [1.82, 2.24) is 14.3 Å². The van der Waals surface area contributed by atoms with E-state index in [1.807, 2.05) is 29.5 Å². The molecule has 0 bridgehead atoms. The summed E-state index contributed by atoms with van der Waals surface area (Å²) < 4.78 is 1.83. The van der Waals surface area contributed by atoms with Crippen molar-refractivity contribution in [3.8, 4) is 0 Å². The molecule has 0 aliphatic rings. The maximum atomic E-state index is 12.1. The Balaban J connectivity index is 2.21. The van der Waals surface area contributed by atoms with E-state index in [0.29, 0.717) is 11.3 Å². The van der Waals surface area contributed by atoms with E-state index in [4.69, 9.17) is 5.11 Å². The molecule has 0 aliphatic carbocycles. The molecule has 0 aromatic carbocycles. The van der Waals surface area contributed by atoms with Crippen molar-refractivity contribution >= 4 is 17.5 Å². The highest BCUT2D eigenvalue weighted by atomic mass is 16.4. The Bertz CT molecular complexity index is 633.